The Labute approximate surface area is 167 Å². The van der Waals surface area contributed by atoms with Crippen LogP contribution in [0.3, 0.4) is 0 Å². The summed E-state index contributed by atoms with van der Waals surface area (Å²) < 4.78 is 5.91. The molecular weight excluding hydrogens is 410 g/mol. The summed E-state index contributed by atoms with van der Waals surface area (Å²) in [5.41, 5.74) is 1.59. The number of carbonyl (C=O) groups is 2. The topological polar surface area (TPSA) is 55.8 Å². The molecule has 1 heterocycles. The lowest BCUT2D eigenvalue weighted by atomic mass is 9.97. The van der Waals surface area contributed by atoms with E-state index in [1.807, 2.05) is 42.5 Å². The van der Waals surface area contributed by atoms with Gasteiger partial charge in [-0.3, -0.25) is 4.79 Å². The standard InChI is InChI=1S/C21H22BrNO4/c1-21(2,3)20(25)27-23-17(22)12-15-10-7-11-16(18(15)19(23)24)26-13-14-8-5-4-6-9-14/h4-11,17H,12-13H2,1-3H3. The molecule has 142 valence electrons. The van der Waals surface area contributed by atoms with E-state index in [2.05, 4.69) is 15.9 Å². The van der Waals surface area contributed by atoms with Crippen LogP contribution in [0, 0.1) is 5.41 Å². The Hall–Kier alpha value is -2.34. The van der Waals surface area contributed by atoms with E-state index in [-0.39, 0.29) is 5.91 Å². The van der Waals surface area contributed by atoms with E-state index >= 15 is 0 Å². The number of benzene rings is 2. The van der Waals surface area contributed by atoms with Gasteiger partial charge in [0.15, 0.2) is 0 Å². The van der Waals surface area contributed by atoms with Crippen molar-refractivity contribution >= 4 is 27.8 Å². The number of fused-ring (bicyclic) bond motifs is 1. The highest BCUT2D eigenvalue weighted by Crippen LogP contribution is 2.34. The Balaban J connectivity index is 1.85. The molecule has 0 radical (unpaired) electrons. The summed E-state index contributed by atoms with van der Waals surface area (Å²) in [5.74, 6) is -0.372. The summed E-state index contributed by atoms with van der Waals surface area (Å²) in [4.78, 5) is 30.3. The molecular formula is C21H22BrNO4. The zero-order valence-electron chi connectivity index (χ0n) is 15.6. The van der Waals surface area contributed by atoms with Crippen molar-refractivity contribution in [1.29, 1.82) is 0 Å². The molecule has 0 bridgehead atoms. The molecule has 3 rings (SSSR count). The van der Waals surface area contributed by atoms with Gasteiger partial charge in [-0.2, -0.15) is 5.06 Å². The lowest BCUT2D eigenvalue weighted by molar-refractivity contribution is -0.190. The quantitative estimate of drug-likeness (QED) is 0.528. The van der Waals surface area contributed by atoms with Crippen LogP contribution in [-0.4, -0.2) is 21.9 Å². The van der Waals surface area contributed by atoms with Crippen LogP contribution in [0.2, 0.25) is 0 Å². The number of hydroxylamine groups is 2. The van der Waals surface area contributed by atoms with Gasteiger partial charge >= 0.3 is 5.97 Å². The van der Waals surface area contributed by atoms with E-state index in [1.54, 1.807) is 26.8 Å². The van der Waals surface area contributed by atoms with Crippen LogP contribution in [0.1, 0.15) is 42.3 Å². The number of alkyl halides is 1. The van der Waals surface area contributed by atoms with Gasteiger partial charge in [-0.1, -0.05) is 58.4 Å². The lowest BCUT2D eigenvalue weighted by Crippen LogP contribution is -2.45. The predicted molar refractivity (Wildman–Crippen MR) is 105 cm³/mol. The third-order valence-corrected chi connectivity index (χ3v) is 4.90. The molecule has 2 aromatic carbocycles. The van der Waals surface area contributed by atoms with Gasteiger partial charge in [-0.05, 0) is 38.0 Å². The number of hydrogen-bond acceptors (Lipinski definition) is 4. The monoisotopic (exact) mass is 431 g/mol. The highest BCUT2D eigenvalue weighted by atomic mass is 79.9. The molecule has 0 fully saturated rings. The average Bonchev–Trinajstić information content (AvgIpc) is 2.63. The van der Waals surface area contributed by atoms with Crippen LogP contribution >= 0.6 is 15.9 Å². The van der Waals surface area contributed by atoms with Crippen LogP contribution < -0.4 is 4.74 Å². The van der Waals surface area contributed by atoms with Crippen molar-refractivity contribution in [3.05, 3.63) is 65.2 Å². The van der Waals surface area contributed by atoms with Crippen LogP contribution in [0.4, 0.5) is 0 Å². The number of rotatable bonds is 4. The van der Waals surface area contributed by atoms with Gasteiger partial charge in [-0.15, -0.1) is 0 Å². The molecule has 1 aliphatic rings. The minimum absolute atomic E-state index is 0.351. The van der Waals surface area contributed by atoms with Crippen LogP contribution in [0.15, 0.2) is 48.5 Å². The summed E-state index contributed by atoms with van der Waals surface area (Å²) >= 11 is 3.45. The second-order valence-corrected chi connectivity index (χ2v) is 8.52. The SMILES string of the molecule is CC(C)(C)C(=O)ON1C(=O)c2c(cccc2OCc2ccccc2)CC1Br. The van der Waals surface area contributed by atoms with Gasteiger partial charge in [-0.25, -0.2) is 4.79 Å². The zero-order valence-corrected chi connectivity index (χ0v) is 17.2. The molecule has 1 atom stereocenters. The molecule has 0 spiro atoms. The van der Waals surface area contributed by atoms with Crippen molar-refractivity contribution in [3.8, 4) is 5.75 Å². The van der Waals surface area contributed by atoms with Crippen LogP contribution in [-0.2, 0) is 22.7 Å². The van der Waals surface area contributed by atoms with Crippen molar-refractivity contribution in [1.82, 2.24) is 5.06 Å². The van der Waals surface area contributed by atoms with Crippen LogP contribution in [0.25, 0.3) is 0 Å². The molecule has 27 heavy (non-hydrogen) atoms. The number of carbonyl (C=O) groups excluding carboxylic acids is 2. The highest BCUT2D eigenvalue weighted by molar-refractivity contribution is 9.09. The van der Waals surface area contributed by atoms with Gasteiger partial charge in [0.1, 0.15) is 17.3 Å². The fourth-order valence-electron chi connectivity index (χ4n) is 2.67. The summed E-state index contributed by atoms with van der Waals surface area (Å²) in [6, 6.07) is 15.3. The fraction of sp³-hybridized carbons (Fsp3) is 0.333. The molecule has 2 aromatic rings. The smallest absolute Gasteiger partial charge is 0.337 e. The third kappa shape index (κ3) is 4.33. The second kappa shape index (κ2) is 7.72. The Kier molecular flexibility index (Phi) is 5.56. The van der Waals surface area contributed by atoms with Crippen molar-refractivity contribution in [3.63, 3.8) is 0 Å². The van der Waals surface area contributed by atoms with Crippen molar-refractivity contribution in [2.75, 3.05) is 0 Å². The Morgan fingerprint density at radius 2 is 1.85 bits per heavy atom. The molecule has 0 saturated carbocycles. The van der Waals surface area contributed by atoms with Crippen LogP contribution in [0.5, 0.6) is 5.75 Å². The minimum atomic E-state index is -0.712. The van der Waals surface area contributed by atoms with Crippen molar-refractivity contribution in [2.24, 2.45) is 5.41 Å². The molecule has 0 aromatic heterocycles. The van der Waals surface area contributed by atoms with E-state index in [0.29, 0.717) is 24.3 Å². The van der Waals surface area contributed by atoms with E-state index in [4.69, 9.17) is 9.57 Å². The molecule has 6 heteroatoms. The predicted octanol–water partition coefficient (Wildman–Crippen LogP) is 4.49. The zero-order chi connectivity index (χ0) is 19.6. The molecule has 1 unspecified atom stereocenters. The number of nitrogens with zero attached hydrogens (tertiary/aromatic N) is 1. The summed E-state index contributed by atoms with van der Waals surface area (Å²) in [5, 5.41) is 1.10. The lowest BCUT2D eigenvalue weighted by Gasteiger charge is -2.33. The molecule has 0 saturated heterocycles. The maximum Gasteiger partial charge on any atom is 0.337 e. The molecule has 0 aliphatic carbocycles. The van der Waals surface area contributed by atoms with Crippen molar-refractivity contribution < 1.29 is 19.2 Å². The Morgan fingerprint density at radius 3 is 2.52 bits per heavy atom. The normalized spacial score (nSPS) is 16.7. The molecule has 5 nitrogen and oxygen atoms in total. The van der Waals surface area contributed by atoms with Gasteiger partial charge < -0.3 is 9.57 Å². The number of amides is 1. The summed E-state index contributed by atoms with van der Waals surface area (Å²) in [6.45, 7) is 5.59. The first kappa shape index (κ1) is 19.4. The minimum Gasteiger partial charge on any atom is -0.488 e. The molecule has 1 aliphatic heterocycles. The van der Waals surface area contributed by atoms with E-state index in [9.17, 15) is 9.59 Å². The molecule has 1 amide bonds. The van der Waals surface area contributed by atoms with E-state index in [0.717, 1.165) is 16.2 Å². The molecule has 0 N–H and O–H groups in total. The summed E-state index contributed by atoms with van der Waals surface area (Å²) in [6.07, 6.45) is 0.515. The maximum atomic E-state index is 13.1. The first-order valence-corrected chi connectivity index (χ1v) is 9.67. The number of ether oxygens (including phenoxy) is 1. The van der Waals surface area contributed by atoms with E-state index < -0.39 is 16.3 Å². The highest BCUT2D eigenvalue weighted by Gasteiger charge is 2.38. The number of hydrogen-bond donors (Lipinski definition) is 0. The van der Waals surface area contributed by atoms with Gasteiger partial charge in [0.25, 0.3) is 5.91 Å². The van der Waals surface area contributed by atoms with Gasteiger partial charge in [0, 0.05) is 6.42 Å². The first-order valence-electron chi connectivity index (χ1n) is 8.76. The van der Waals surface area contributed by atoms with Gasteiger partial charge in [0.2, 0.25) is 0 Å². The number of halogens is 1. The average molecular weight is 432 g/mol. The fourth-order valence-corrected chi connectivity index (χ4v) is 3.29. The Morgan fingerprint density at radius 1 is 1.15 bits per heavy atom. The summed E-state index contributed by atoms with van der Waals surface area (Å²) in [7, 11) is 0. The van der Waals surface area contributed by atoms with Gasteiger partial charge in [0.05, 0.1) is 11.0 Å². The van der Waals surface area contributed by atoms with E-state index in [1.165, 1.54) is 0 Å². The maximum absolute atomic E-state index is 13.1. The largest absolute Gasteiger partial charge is 0.488 e. The van der Waals surface area contributed by atoms with Crippen molar-refractivity contribution in [2.45, 2.75) is 38.8 Å². The Bertz CT molecular complexity index is 845. The second-order valence-electron chi connectivity index (χ2n) is 7.46. The third-order valence-electron chi connectivity index (χ3n) is 4.20. The first-order chi connectivity index (χ1) is 12.8.